The normalized spacial score (nSPS) is 17.4. The molecule has 0 aromatic heterocycles. The first-order valence-electron chi connectivity index (χ1n) is 11.9. The summed E-state index contributed by atoms with van der Waals surface area (Å²) in [6, 6.07) is 16.3. The molecule has 5 rings (SSSR count). The Morgan fingerprint density at radius 3 is 2.35 bits per heavy atom. The summed E-state index contributed by atoms with van der Waals surface area (Å²) in [6.07, 6.45) is -3.45. The lowest BCUT2D eigenvalue weighted by Gasteiger charge is -2.38. The number of carbonyl (C=O) groups excluding carboxylic acids is 1. The molecule has 2 aliphatic heterocycles. The van der Waals surface area contributed by atoms with Gasteiger partial charge in [0.1, 0.15) is 5.75 Å². The molecule has 9 heteroatoms. The van der Waals surface area contributed by atoms with Crippen LogP contribution >= 0.6 is 23.2 Å². The zero-order valence-electron chi connectivity index (χ0n) is 20.1. The molecule has 2 heterocycles. The van der Waals surface area contributed by atoms with E-state index in [4.69, 9.17) is 27.9 Å². The molecule has 37 heavy (non-hydrogen) atoms. The van der Waals surface area contributed by atoms with Crippen molar-refractivity contribution in [2.45, 2.75) is 37.5 Å². The number of ether oxygens (including phenoxy) is 1. The Morgan fingerprint density at radius 1 is 0.946 bits per heavy atom. The molecule has 0 unspecified atom stereocenters. The van der Waals surface area contributed by atoms with Crippen molar-refractivity contribution in [1.29, 1.82) is 0 Å². The summed E-state index contributed by atoms with van der Waals surface area (Å²) in [5.41, 5.74) is 0.804. The average molecular weight is 549 g/mol. The molecule has 0 bridgehead atoms. The smallest absolute Gasteiger partial charge is 0.416 e. The van der Waals surface area contributed by atoms with E-state index in [2.05, 4.69) is 4.90 Å². The molecule has 0 aliphatic carbocycles. The standard InChI is InChI=1S/C28H25Cl2F3N2O2/c1-37-24-8-4-7-22-25(24)35(17-18-5-2-3-6-21(18)28(31,32)33)26(36)27(22)11-13-34(14-12-27)16-19-9-10-20(29)15-23(19)30/h2-10,15H,11-14,16-17H2,1H3. The molecule has 0 radical (unpaired) electrons. The van der Waals surface area contributed by atoms with Crippen LogP contribution in [0.2, 0.25) is 10.0 Å². The average Bonchev–Trinajstić information content (AvgIpc) is 3.09. The monoisotopic (exact) mass is 548 g/mol. The zero-order chi connectivity index (χ0) is 26.4. The Bertz CT molecular complexity index is 1340. The maximum atomic E-state index is 14.1. The molecule has 1 saturated heterocycles. The largest absolute Gasteiger partial charge is 0.495 e. The Balaban J connectivity index is 1.45. The van der Waals surface area contributed by atoms with Gasteiger partial charge >= 0.3 is 6.18 Å². The van der Waals surface area contributed by atoms with Gasteiger partial charge in [0.15, 0.2) is 0 Å². The van der Waals surface area contributed by atoms with Crippen LogP contribution in [0.15, 0.2) is 60.7 Å². The summed E-state index contributed by atoms with van der Waals surface area (Å²) in [5, 5.41) is 1.16. The second-order valence-electron chi connectivity index (χ2n) is 9.50. The first kappa shape index (κ1) is 25.9. The molecule has 4 nitrogen and oxygen atoms in total. The predicted molar refractivity (Wildman–Crippen MR) is 138 cm³/mol. The lowest BCUT2D eigenvalue weighted by Crippen LogP contribution is -2.48. The Labute approximate surface area is 223 Å². The van der Waals surface area contributed by atoms with Gasteiger partial charge < -0.3 is 9.64 Å². The Kier molecular flexibility index (Phi) is 6.90. The summed E-state index contributed by atoms with van der Waals surface area (Å²) < 4.78 is 46.8. The third-order valence-corrected chi connectivity index (χ3v) is 8.02. The number of rotatable bonds is 5. The molecular formula is C28H25Cl2F3N2O2. The van der Waals surface area contributed by atoms with Gasteiger partial charge in [-0.05, 0) is 66.9 Å². The number of hydrogen-bond donors (Lipinski definition) is 0. The number of benzene rings is 3. The van der Waals surface area contributed by atoms with E-state index in [1.165, 1.54) is 24.1 Å². The fourth-order valence-electron chi connectivity index (χ4n) is 5.55. The number of amides is 1. The lowest BCUT2D eigenvalue weighted by molar-refractivity contribution is -0.138. The number of piperidine rings is 1. The lowest BCUT2D eigenvalue weighted by atomic mass is 9.73. The first-order chi connectivity index (χ1) is 17.6. The predicted octanol–water partition coefficient (Wildman–Crippen LogP) is 7.10. The van der Waals surface area contributed by atoms with E-state index in [9.17, 15) is 18.0 Å². The van der Waals surface area contributed by atoms with Gasteiger partial charge in [0, 0.05) is 16.6 Å². The van der Waals surface area contributed by atoms with Gasteiger partial charge in [-0.15, -0.1) is 0 Å². The van der Waals surface area contributed by atoms with Gasteiger partial charge in [-0.2, -0.15) is 13.2 Å². The van der Waals surface area contributed by atoms with Crippen molar-refractivity contribution in [3.05, 3.63) is 93.0 Å². The molecule has 3 aromatic rings. The van der Waals surface area contributed by atoms with Crippen molar-refractivity contribution < 1.29 is 22.7 Å². The number of likely N-dealkylation sites (tertiary alicyclic amines) is 1. The molecule has 0 atom stereocenters. The summed E-state index contributed by atoms with van der Waals surface area (Å²) in [7, 11) is 1.51. The second kappa shape index (κ2) is 9.86. The third kappa shape index (κ3) is 4.69. The van der Waals surface area contributed by atoms with Crippen molar-refractivity contribution in [2.75, 3.05) is 25.1 Å². The molecule has 194 valence electrons. The summed E-state index contributed by atoms with van der Waals surface area (Å²) in [4.78, 5) is 17.8. The van der Waals surface area contributed by atoms with Crippen LogP contribution in [0.4, 0.5) is 18.9 Å². The fraction of sp³-hybridized carbons (Fsp3) is 0.321. The van der Waals surface area contributed by atoms with Gasteiger partial charge in [-0.25, -0.2) is 0 Å². The molecule has 0 saturated carbocycles. The van der Waals surface area contributed by atoms with Crippen LogP contribution in [-0.4, -0.2) is 31.0 Å². The molecule has 1 fully saturated rings. The van der Waals surface area contributed by atoms with Crippen molar-refractivity contribution in [1.82, 2.24) is 4.90 Å². The van der Waals surface area contributed by atoms with E-state index in [0.717, 1.165) is 17.2 Å². The molecule has 1 spiro atoms. The van der Waals surface area contributed by atoms with Gasteiger partial charge in [-0.1, -0.05) is 59.6 Å². The van der Waals surface area contributed by atoms with Crippen LogP contribution in [0.3, 0.4) is 0 Å². The number of hydrogen-bond acceptors (Lipinski definition) is 3. The number of alkyl halides is 3. The zero-order valence-corrected chi connectivity index (χ0v) is 21.6. The van der Waals surface area contributed by atoms with Gasteiger partial charge in [0.25, 0.3) is 0 Å². The van der Waals surface area contributed by atoms with Crippen LogP contribution in [0.25, 0.3) is 0 Å². The van der Waals surface area contributed by atoms with Crippen molar-refractivity contribution in [3.8, 4) is 5.75 Å². The van der Waals surface area contributed by atoms with E-state index in [1.54, 1.807) is 24.3 Å². The first-order valence-corrected chi connectivity index (χ1v) is 12.7. The topological polar surface area (TPSA) is 32.8 Å². The van der Waals surface area contributed by atoms with Crippen molar-refractivity contribution in [3.63, 3.8) is 0 Å². The SMILES string of the molecule is COc1cccc2c1N(Cc1ccccc1C(F)(F)F)C(=O)C21CCN(Cc2ccc(Cl)cc2Cl)CC1. The highest BCUT2D eigenvalue weighted by Gasteiger charge is 2.53. The second-order valence-corrected chi connectivity index (χ2v) is 10.3. The maximum absolute atomic E-state index is 14.1. The van der Waals surface area contributed by atoms with E-state index < -0.39 is 17.2 Å². The summed E-state index contributed by atoms with van der Waals surface area (Å²) in [6.45, 7) is 1.70. The van der Waals surface area contributed by atoms with E-state index in [-0.39, 0.29) is 18.0 Å². The Morgan fingerprint density at radius 2 is 1.68 bits per heavy atom. The van der Waals surface area contributed by atoms with Crippen LogP contribution < -0.4 is 9.64 Å². The Hall–Kier alpha value is -2.74. The van der Waals surface area contributed by atoms with Gasteiger partial charge in [0.05, 0.1) is 30.3 Å². The highest BCUT2D eigenvalue weighted by atomic mass is 35.5. The number of carbonyl (C=O) groups is 1. The van der Waals surface area contributed by atoms with E-state index >= 15 is 0 Å². The number of halogens is 5. The highest BCUT2D eigenvalue weighted by Crippen LogP contribution is 2.52. The van der Waals surface area contributed by atoms with Crippen molar-refractivity contribution >= 4 is 34.8 Å². The minimum absolute atomic E-state index is 0.0482. The molecule has 3 aromatic carbocycles. The molecule has 0 N–H and O–H groups in total. The summed E-state index contributed by atoms with van der Waals surface area (Å²) >= 11 is 12.4. The van der Waals surface area contributed by atoms with Gasteiger partial charge in [0.2, 0.25) is 5.91 Å². The van der Waals surface area contributed by atoms with Crippen LogP contribution in [-0.2, 0) is 29.5 Å². The maximum Gasteiger partial charge on any atom is 0.416 e. The van der Waals surface area contributed by atoms with Crippen molar-refractivity contribution in [2.24, 2.45) is 0 Å². The molecule has 1 amide bonds. The van der Waals surface area contributed by atoms with E-state index in [0.29, 0.717) is 54.0 Å². The fourth-order valence-corrected chi connectivity index (χ4v) is 6.02. The number of nitrogens with zero attached hydrogens (tertiary/aromatic N) is 2. The van der Waals surface area contributed by atoms with Crippen LogP contribution in [0.1, 0.15) is 35.1 Å². The minimum atomic E-state index is -4.52. The number of fused-ring (bicyclic) bond motifs is 2. The minimum Gasteiger partial charge on any atom is -0.495 e. The molecular weight excluding hydrogens is 524 g/mol. The summed E-state index contributed by atoms with van der Waals surface area (Å²) in [5.74, 6) is 0.288. The van der Waals surface area contributed by atoms with Crippen LogP contribution in [0.5, 0.6) is 5.75 Å². The van der Waals surface area contributed by atoms with E-state index in [1.807, 2.05) is 18.2 Å². The number of methoxy groups -OCH3 is 1. The molecule has 2 aliphatic rings. The number of anilines is 1. The van der Waals surface area contributed by atoms with Gasteiger partial charge in [-0.3, -0.25) is 9.69 Å². The third-order valence-electron chi connectivity index (χ3n) is 7.43. The number of para-hydroxylation sites is 1. The highest BCUT2D eigenvalue weighted by molar-refractivity contribution is 6.35. The quantitative estimate of drug-likeness (QED) is 0.341. The van der Waals surface area contributed by atoms with Crippen LogP contribution in [0, 0.1) is 0 Å².